The first-order chi connectivity index (χ1) is 14.7. The van der Waals surface area contributed by atoms with E-state index in [4.69, 9.17) is 0 Å². The third-order valence-corrected chi connectivity index (χ3v) is 5.89. The Morgan fingerprint density at radius 3 is 2.35 bits per heavy atom. The second kappa shape index (κ2) is 8.24. The molecular weight excluding hydrogens is 430 g/mol. The molecule has 2 heterocycles. The van der Waals surface area contributed by atoms with Crippen LogP contribution in [0.15, 0.2) is 59.4 Å². The number of benzene rings is 2. The summed E-state index contributed by atoms with van der Waals surface area (Å²) in [5, 5.41) is 0. The highest BCUT2D eigenvalue weighted by atomic mass is 32.1. The minimum atomic E-state index is -4.36. The number of nitrogens with one attached hydrogen (secondary N) is 1. The van der Waals surface area contributed by atoms with Crippen LogP contribution in [-0.4, -0.2) is 21.9 Å². The van der Waals surface area contributed by atoms with E-state index < -0.39 is 11.7 Å². The summed E-state index contributed by atoms with van der Waals surface area (Å²) in [4.78, 5) is 22.4. The number of aromatic nitrogens is 2. The van der Waals surface area contributed by atoms with Crippen molar-refractivity contribution in [2.45, 2.75) is 19.3 Å². The lowest BCUT2D eigenvalue weighted by molar-refractivity contribution is -0.137. The summed E-state index contributed by atoms with van der Waals surface area (Å²) in [7, 11) is 1.79. The molecule has 4 aromatic rings. The molecule has 2 aromatic heterocycles. The first-order valence-corrected chi connectivity index (χ1v) is 10.1. The van der Waals surface area contributed by atoms with E-state index in [2.05, 4.69) is 9.97 Å². The maximum atomic E-state index is 13.2. The molecule has 2 aromatic carbocycles. The average Bonchev–Trinajstić information content (AvgIpc) is 3.13. The summed E-state index contributed by atoms with van der Waals surface area (Å²) >= 11 is 1.28. The van der Waals surface area contributed by atoms with E-state index >= 15 is 0 Å². The number of H-pyrrole nitrogens is 1. The van der Waals surface area contributed by atoms with Crippen LogP contribution in [-0.2, 0) is 19.3 Å². The SMILES string of the molecule is CN(Cc1ccc(C(F)(F)F)cc1)Cc1nc2cc(-c3ccc(F)cc3)sc2c(=O)[nH]1. The highest BCUT2D eigenvalue weighted by Crippen LogP contribution is 2.31. The zero-order valence-electron chi connectivity index (χ0n) is 16.3. The Morgan fingerprint density at radius 1 is 1.03 bits per heavy atom. The first kappa shape index (κ1) is 21.2. The van der Waals surface area contributed by atoms with Crippen LogP contribution in [0.3, 0.4) is 0 Å². The molecule has 0 radical (unpaired) electrons. The van der Waals surface area contributed by atoms with E-state index in [1.54, 1.807) is 25.2 Å². The lowest BCUT2D eigenvalue weighted by Gasteiger charge is -2.16. The molecule has 9 heteroatoms. The molecule has 0 aliphatic heterocycles. The number of hydrogen-bond donors (Lipinski definition) is 1. The van der Waals surface area contributed by atoms with Crippen molar-refractivity contribution in [3.8, 4) is 10.4 Å². The quantitative estimate of drug-likeness (QED) is 0.415. The van der Waals surface area contributed by atoms with Crippen LogP contribution in [0, 0.1) is 5.82 Å². The zero-order valence-corrected chi connectivity index (χ0v) is 17.1. The third kappa shape index (κ3) is 4.83. The molecule has 0 aliphatic carbocycles. The van der Waals surface area contributed by atoms with E-state index in [0.29, 0.717) is 34.7 Å². The van der Waals surface area contributed by atoms with Crippen molar-refractivity contribution in [3.63, 3.8) is 0 Å². The first-order valence-electron chi connectivity index (χ1n) is 9.32. The normalized spacial score (nSPS) is 12.1. The molecule has 0 spiro atoms. The molecule has 0 saturated carbocycles. The van der Waals surface area contributed by atoms with Crippen molar-refractivity contribution in [1.82, 2.24) is 14.9 Å². The van der Waals surface area contributed by atoms with Gasteiger partial charge in [0, 0.05) is 11.4 Å². The second-order valence-corrected chi connectivity index (χ2v) is 8.26. The Labute approximate surface area is 178 Å². The van der Waals surface area contributed by atoms with Gasteiger partial charge in [-0.25, -0.2) is 9.37 Å². The van der Waals surface area contributed by atoms with E-state index in [-0.39, 0.29) is 11.4 Å². The number of hydrogen-bond acceptors (Lipinski definition) is 4. The van der Waals surface area contributed by atoms with E-state index in [1.807, 2.05) is 4.90 Å². The van der Waals surface area contributed by atoms with E-state index in [0.717, 1.165) is 22.6 Å². The van der Waals surface area contributed by atoms with Gasteiger partial charge in [0.05, 0.1) is 17.6 Å². The maximum absolute atomic E-state index is 13.2. The summed E-state index contributed by atoms with van der Waals surface area (Å²) in [6.45, 7) is 0.707. The molecular formula is C22H17F4N3OS. The van der Waals surface area contributed by atoms with Gasteiger partial charge in [-0.15, -0.1) is 11.3 Å². The number of nitrogens with zero attached hydrogens (tertiary/aromatic N) is 2. The van der Waals surface area contributed by atoms with E-state index in [9.17, 15) is 22.4 Å². The Hall–Kier alpha value is -3.04. The van der Waals surface area contributed by atoms with Gasteiger partial charge >= 0.3 is 6.18 Å². The van der Waals surface area contributed by atoms with E-state index in [1.165, 1.54) is 35.6 Å². The molecule has 4 rings (SSSR count). The molecule has 1 N–H and O–H groups in total. The predicted molar refractivity (Wildman–Crippen MR) is 112 cm³/mol. The number of rotatable bonds is 5. The number of fused-ring (bicyclic) bond motifs is 1. The molecule has 0 unspecified atom stereocenters. The van der Waals surface area contributed by atoms with Crippen LogP contribution in [0.5, 0.6) is 0 Å². The maximum Gasteiger partial charge on any atom is 0.416 e. The van der Waals surface area contributed by atoms with Gasteiger partial charge in [0.25, 0.3) is 5.56 Å². The standard InChI is InChI=1S/C22H17F4N3OS/c1-29(11-13-2-6-15(7-3-13)22(24,25)26)12-19-27-17-10-18(31-20(17)21(30)28-19)14-4-8-16(23)9-5-14/h2-10H,11-12H2,1H3,(H,27,28,30). The molecule has 0 aliphatic rings. The highest BCUT2D eigenvalue weighted by molar-refractivity contribution is 7.22. The third-order valence-electron chi connectivity index (χ3n) is 4.71. The van der Waals surface area contributed by atoms with Crippen LogP contribution >= 0.6 is 11.3 Å². The van der Waals surface area contributed by atoms with Gasteiger partial charge in [0.2, 0.25) is 0 Å². The van der Waals surface area contributed by atoms with Crippen LogP contribution < -0.4 is 5.56 Å². The molecule has 160 valence electrons. The number of thiophene rings is 1. The summed E-state index contributed by atoms with van der Waals surface area (Å²) < 4.78 is 51.7. The Morgan fingerprint density at radius 2 is 1.71 bits per heavy atom. The molecule has 0 amide bonds. The Bertz CT molecular complexity index is 1260. The van der Waals surface area contributed by atoms with Gasteiger partial charge < -0.3 is 4.98 Å². The van der Waals surface area contributed by atoms with Gasteiger partial charge in [0.15, 0.2) is 0 Å². The lowest BCUT2D eigenvalue weighted by Crippen LogP contribution is -2.21. The topological polar surface area (TPSA) is 49.0 Å². The number of alkyl halides is 3. The summed E-state index contributed by atoms with van der Waals surface area (Å²) in [6.07, 6.45) is -4.36. The number of halogens is 4. The highest BCUT2D eigenvalue weighted by Gasteiger charge is 2.29. The van der Waals surface area contributed by atoms with Crippen LogP contribution in [0.25, 0.3) is 20.7 Å². The van der Waals surface area contributed by atoms with Gasteiger partial charge in [-0.1, -0.05) is 24.3 Å². The van der Waals surface area contributed by atoms with Crippen LogP contribution in [0.2, 0.25) is 0 Å². The smallest absolute Gasteiger partial charge is 0.308 e. The fourth-order valence-corrected chi connectivity index (χ4v) is 4.24. The minimum absolute atomic E-state index is 0.263. The predicted octanol–water partition coefficient (Wildman–Crippen LogP) is 5.44. The molecule has 31 heavy (non-hydrogen) atoms. The van der Waals surface area contributed by atoms with Crippen molar-refractivity contribution >= 4 is 21.6 Å². The van der Waals surface area contributed by atoms with Crippen LogP contribution in [0.4, 0.5) is 17.6 Å². The van der Waals surface area contributed by atoms with Gasteiger partial charge in [-0.2, -0.15) is 13.2 Å². The zero-order chi connectivity index (χ0) is 22.2. The second-order valence-electron chi connectivity index (χ2n) is 7.21. The fraction of sp³-hybridized carbons (Fsp3) is 0.182. The fourth-order valence-electron chi connectivity index (χ4n) is 3.24. The van der Waals surface area contributed by atoms with Gasteiger partial charge in [0.1, 0.15) is 16.3 Å². The van der Waals surface area contributed by atoms with Gasteiger partial charge in [-0.3, -0.25) is 9.69 Å². The monoisotopic (exact) mass is 447 g/mol. The summed E-state index contributed by atoms with van der Waals surface area (Å²) in [5.41, 5.74) is 1.11. The van der Waals surface area contributed by atoms with Crippen molar-refractivity contribution in [1.29, 1.82) is 0 Å². The average molecular weight is 447 g/mol. The largest absolute Gasteiger partial charge is 0.416 e. The minimum Gasteiger partial charge on any atom is -0.308 e. The molecule has 0 fully saturated rings. The number of aromatic amines is 1. The Kier molecular flexibility index (Phi) is 5.63. The molecule has 0 saturated heterocycles. The van der Waals surface area contributed by atoms with Crippen molar-refractivity contribution in [2.75, 3.05) is 7.05 Å². The summed E-state index contributed by atoms with van der Waals surface area (Å²) in [5.74, 6) is 0.120. The van der Waals surface area contributed by atoms with Gasteiger partial charge in [-0.05, 0) is 48.5 Å². The van der Waals surface area contributed by atoms with Crippen LogP contribution in [0.1, 0.15) is 17.0 Å². The Balaban J connectivity index is 1.51. The van der Waals surface area contributed by atoms with Crippen molar-refractivity contribution < 1.29 is 17.6 Å². The van der Waals surface area contributed by atoms with Crippen molar-refractivity contribution in [2.24, 2.45) is 0 Å². The summed E-state index contributed by atoms with van der Waals surface area (Å²) in [6, 6.07) is 12.8. The lowest BCUT2D eigenvalue weighted by atomic mass is 10.1. The molecule has 0 atom stereocenters. The molecule has 0 bridgehead atoms. The van der Waals surface area contributed by atoms with Crippen molar-refractivity contribution in [3.05, 3.63) is 87.7 Å². The molecule has 4 nitrogen and oxygen atoms in total.